The van der Waals surface area contributed by atoms with E-state index in [1.165, 1.54) is 25.2 Å². The lowest BCUT2D eigenvalue weighted by Crippen LogP contribution is -2.62. The molecule has 8 amide bonds. The van der Waals surface area contributed by atoms with Crippen molar-refractivity contribution < 1.29 is 112 Å². The Morgan fingerprint density at radius 2 is 1.32 bits per heavy atom. The summed E-state index contributed by atoms with van der Waals surface area (Å²) in [6, 6.07) is 11.6. The molecule has 0 spiro atoms. The number of aromatic hydroxyl groups is 3. The summed E-state index contributed by atoms with van der Waals surface area (Å²) in [5.41, 5.74) is 20.4. The zero-order valence-corrected chi connectivity index (χ0v) is 69.8. The fraction of sp³-hybridized carbons (Fsp3) is 0.405. The molecule has 41 heteroatoms. The number of rotatable bonds is 24. The molecule has 668 valence electrons. The van der Waals surface area contributed by atoms with E-state index in [0.29, 0.717) is 28.6 Å². The summed E-state index contributed by atoms with van der Waals surface area (Å²) in [6.45, 7) is 5.06. The van der Waals surface area contributed by atoms with Crippen LogP contribution in [-0.2, 0) is 65.7 Å². The van der Waals surface area contributed by atoms with E-state index in [1.54, 1.807) is 49.4 Å². The van der Waals surface area contributed by atoms with E-state index in [2.05, 4.69) is 57.9 Å². The van der Waals surface area contributed by atoms with E-state index in [4.69, 9.17) is 91.0 Å². The minimum atomic E-state index is -2.37. The van der Waals surface area contributed by atoms with Crippen LogP contribution in [0.2, 0.25) is 20.1 Å². The van der Waals surface area contributed by atoms with Crippen LogP contribution in [0, 0.1) is 5.92 Å². The number of amides is 8. The highest BCUT2D eigenvalue weighted by molar-refractivity contribution is 6.42. The Hall–Kier alpha value is -11.1. The second kappa shape index (κ2) is 41.8. The number of fused-ring (bicyclic) bond motifs is 15. The number of hydrogen-bond donors (Lipinski definition) is 19. The molecular formula is C84H96Cl4N14O23. The quantitative estimate of drug-likeness (QED) is 0.0139. The molecule has 0 saturated carbocycles. The molecule has 10 unspecified atom stereocenters. The van der Waals surface area contributed by atoms with Gasteiger partial charge in [0, 0.05) is 47.7 Å². The average molecular weight is 1810 g/mol. The highest BCUT2D eigenvalue weighted by Gasteiger charge is 2.51. The third-order valence-electron chi connectivity index (χ3n) is 21.4. The number of halogens is 4. The topological polar surface area (TPSA) is 572 Å². The maximum absolute atomic E-state index is 16.4. The predicted octanol–water partition coefficient (Wildman–Crippen LogP) is 6.16. The van der Waals surface area contributed by atoms with Gasteiger partial charge in [-0.3, -0.25) is 38.4 Å². The van der Waals surface area contributed by atoms with E-state index in [0.717, 1.165) is 71.8 Å². The van der Waals surface area contributed by atoms with Gasteiger partial charge in [0.2, 0.25) is 59.3 Å². The molecule has 7 aromatic carbocycles. The molecule has 7 aliphatic rings. The van der Waals surface area contributed by atoms with Gasteiger partial charge in [-0.15, -0.1) is 0 Å². The van der Waals surface area contributed by atoms with Crippen molar-refractivity contribution in [1.82, 2.24) is 47.9 Å². The number of carbonyl (C=O) groups excluding carboxylic acids is 8. The average Bonchev–Trinajstić information content (AvgIpc) is 0.764. The second-order valence-electron chi connectivity index (χ2n) is 30.6. The second-order valence-corrected chi connectivity index (χ2v) is 32.3. The van der Waals surface area contributed by atoms with E-state index in [9.17, 15) is 60.8 Å². The largest absolute Gasteiger partial charge is 0.508 e. The van der Waals surface area contributed by atoms with Crippen LogP contribution in [0.1, 0.15) is 130 Å². The molecular weight excluding hydrogens is 1710 g/mol. The number of ether oxygens (including phenoxy) is 7. The lowest BCUT2D eigenvalue weighted by Gasteiger charge is -2.45. The van der Waals surface area contributed by atoms with Crippen molar-refractivity contribution >= 4 is 93.7 Å². The number of aliphatic hydroxyl groups is 5. The molecule has 125 heavy (non-hydrogen) atoms. The summed E-state index contributed by atoms with van der Waals surface area (Å²) < 4.78 is 45.7. The SMILES string of the molecule is C.CN[C@H](CC(C)C)C(=O)N[C@H]1C(=O)N[C@@H](CC(N)=O)C(=O)N[C@H]2C(=O)NC3C(=O)N[C@H](C(=O)N[C@@H](C(=O)NCCCCN)c4cc(O)cc(O)c4-c4cc3ccc4O)[C@H](O)c3ccc(c(Cl)c3)Oc3cc2cc(c3OC2OC(CN=[N+]=[N-])C(O)C(O)C2OC2CC(NCc3ccc(OCc4ccc(Cl)c(Cl)c4)cc3)C(O)C(C)O2)Oc2ccc(cc2Cl)[C@H]1O. The molecule has 2 saturated heterocycles. The van der Waals surface area contributed by atoms with Crippen LogP contribution in [0.4, 0.5) is 0 Å². The van der Waals surface area contributed by atoms with Crippen LogP contribution in [-0.4, -0.2) is 194 Å². The van der Waals surface area contributed by atoms with Crippen LogP contribution in [0.15, 0.2) is 126 Å². The van der Waals surface area contributed by atoms with Crippen molar-refractivity contribution in [2.75, 3.05) is 26.7 Å². The summed E-state index contributed by atoms with van der Waals surface area (Å²) in [5, 5.41) is 124. The predicted molar refractivity (Wildman–Crippen MR) is 452 cm³/mol. The Labute approximate surface area is 735 Å². The first-order chi connectivity index (χ1) is 59.2. The number of hydrogen-bond acceptors (Lipinski definition) is 27. The van der Waals surface area contributed by atoms with Crippen molar-refractivity contribution in [3.63, 3.8) is 0 Å². The Balaban J connectivity index is 0.0000152. The number of benzene rings is 7. The van der Waals surface area contributed by atoms with E-state index >= 15 is 24.0 Å². The Morgan fingerprint density at radius 1 is 0.672 bits per heavy atom. The van der Waals surface area contributed by atoms with Gasteiger partial charge >= 0.3 is 0 Å². The normalized spacial score (nSPS) is 25.2. The number of unbranched alkanes of at least 4 members (excludes halogenated alkanes) is 1. The lowest BCUT2D eigenvalue weighted by molar-refractivity contribution is -0.327. The summed E-state index contributed by atoms with van der Waals surface area (Å²) in [7, 11) is 1.48. The lowest BCUT2D eigenvalue weighted by atomic mass is 9.89. The van der Waals surface area contributed by atoms with Gasteiger partial charge in [-0.25, -0.2) is 0 Å². The van der Waals surface area contributed by atoms with Gasteiger partial charge in [0.25, 0.3) is 0 Å². The summed E-state index contributed by atoms with van der Waals surface area (Å²) in [4.78, 5) is 123. The van der Waals surface area contributed by atoms with Crippen molar-refractivity contribution in [2.45, 2.75) is 183 Å². The number of primary amides is 1. The van der Waals surface area contributed by atoms with Crippen LogP contribution in [0.5, 0.6) is 51.7 Å². The minimum absolute atomic E-state index is 0. The van der Waals surface area contributed by atoms with Gasteiger partial charge in [0.1, 0.15) is 102 Å². The number of azide groups is 1. The van der Waals surface area contributed by atoms with Crippen molar-refractivity contribution in [2.24, 2.45) is 22.5 Å². The summed E-state index contributed by atoms with van der Waals surface area (Å²) in [5.74, 6) is -14.3. The molecule has 14 rings (SSSR count). The summed E-state index contributed by atoms with van der Waals surface area (Å²) in [6.07, 6.45) is -17.9. The third kappa shape index (κ3) is 22.4. The highest BCUT2D eigenvalue weighted by atomic mass is 35.5. The van der Waals surface area contributed by atoms with E-state index in [-0.39, 0.29) is 85.5 Å². The Morgan fingerprint density at radius 3 is 1.96 bits per heavy atom. The zero-order valence-electron chi connectivity index (χ0n) is 66.8. The van der Waals surface area contributed by atoms with Crippen LogP contribution >= 0.6 is 46.4 Å². The maximum atomic E-state index is 16.4. The van der Waals surface area contributed by atoms with Gasteiger partial charge in [0.15, 0.2) is 23.9 Å². The summed E-state index contributed by atoms with van der Waals surface area (Å²) >= 11 is 26.8. The molecule has 0 radical (unpaired) electrons. The Bertz CT molecular complexity index is 5210. The van der Waals surface area contributed by atoms with Crippen LogP contribution < -0.4 is 78.3 Å². The van der Waals surface area contributed by atoms with Crippen molar-refractivity contribution in [1.29, 1.82) is 0 Å². The van der Waals surface area contributed by atoms with Gasteiger partial charge in [0.05, 0.1) is 57.4 Å². The molecule has 21 N–H and O–H groups in total. The Kier molecular flexibility index (Phi) is 31.7. The number of likely N-dealkylation sites (N-methyl/N-ethyl adjacent to an activating group) is 1. The molecule has 2 fully saturated rings. The number of nitrogens with zero attached hydrogens (tertiary/aromatic N) is 3. The monoisotopic (exact) mass is 1810 g/mol. The number of carbonyl (C=O) groups is 8. The number of phenols is 3. The molecule has 11 bridgehead atoms. The first kappa shape index (κ1) is 94.6. The zero-order chi connectivity index (χ0) is 89.2. The molecule has 37 nitrogen and oxygen atoms in total. The maximum Gasteiger partial charge on any atom is 0.248 e. The smallest absolute Gasteiger partial charge is 0.248 e. The molecule has 7 aliphatic heterocycles. The van der Waals surface area contributed by atoms with Gasteiger partial charge < -0.3 is 133 Å². The number of nitrogens with one attached hydrogen (secondary N) is 9. The molecule has 0 aliphatic carbocycles. The molecule has 7 aromatic rings. The number of phenolic OH excluding ortho intramolecular Hbond substituents is 3. The van der Waals surface area contributed by atoms with E-state index < -0.39 is 232 Å². The number of aliphatic hydroxyl groups excluding tert-OH is 5. The fourth-order valence-corrected chi connectivity index (χ4v) is 15.6. The number of nitrogens with two attached hydrogens (primary N) is 2. The molecule has 7 heterocycles. The van der Waals surface area contributed by atoms with Crippen LogP contribution in [0.25, 0.3) is 21.6 Å². The first-order valence-electron chi connectivity index (χ1n) is 39.4. The fourth-order valence-electron chi connectivity index (χ4n) is 14.8. The van der Waals surface area contributed by atoms with Gasteiger partial charge in [-0.05, 0) is 169 Å². The van der Waals surface area contributed by atoms with E-state index in [1.807, 2.05) is 13.8 Å². The molecule has 0 aromatic heterocycles. The standard InChI is InChI=1S/C83H92Cl4N14O23.CH4/c1-35(2)21-52(91-4)76(111)99-67-70(107)40-11-17-56(49(86)24-40)120-58-26-42-27-59(74(58)124-83-75(73(110)72(109)60(122-83)33-94-101-90)123-62-31-51(69(106)36(3)119-62)93-32-37-7-13-44(14-8-37)118-34-38-9-15-47(84)48(85)22-38)121-57-18-12-41(25-50(57)87)71(108)68-82(117)98-66(78(113)92-20-6-5-19-88)46-28-43(102)29-55(104)63(46)45-23-39(10-16-54(45)103)64(79(114)100-68)97-80(115)65(42)96-77(112)53(30-61(89)105)95-81(67)116;/h7-18,22-29,35-36,51-53,60,62,64-73,75,83,91,93,102-104,106-110H,5-6,19-21,30-34,88H2,1-4H3,(H2,89,105)(H,92,113)(H,95,116)(H,96,112)(H,97,115)(H,98,117)(H,99,111)(H,100,114);1H4/t36?,51?,52-,53+,60?,62?,64?,65-,66-,67-,68+,69?,70-,71-,72?,73?,75?,83?;/m1./s1. The third-order valence-corrected chi connectivity index (χ3v) is 22.7. The van der Waals surface area contributed by atoms with Crippen molar-refractivity contribution in [3.05, 3.63) is 191 Å². The first-order valence-corrected chi connectivity index (χ1v) is 40.9. The van der Waals surface area contributed by atoms with Crippen molar-refractivity contribution in [3.8, 4) is 62.9 Å². The minimum Gasteiger partial charge on any atom is -0.508 e. The highest BCUT2D eigenvalue weighted by Crippen LogP contribution is 2.50. The van der Waals surface area contributed by atoms with Gasteiger partial charge in [-0.1, -0.05) is 109 Å². The van der Waals surface area contributed by atoms with Crippen LogP contribution in [0.3, 0.4) is 0 Å². The van der Waals surface area contributed by atoms with Gasteiger partial charge in [-0.2, -0.15) is 0 Å². The molecule has 18 atom stereocenters.